The Bertz CT molecular complexity index is 512. The Morgan fingerprint density at radius 2 is 1.89 bits per heavy atom. The van der Waals surface area contributed by atoms with Crippen LogP contribution in [0.2, 0.25) is 0 Å². The predicted molar refractivity (Wildman–Crippen MR) is 66.7 cm³/mol. The van der Waals surface area contributed by atoms with Crippen LogP contribution in [0.3, 0.4) is 0 Å². The fraction of sp³-hybridized carbons (Fsp3) is 0.500. The van der Waals surface area contributed by atoms with Gasteiger partial charge in [0.25, 0.3) is 0 Å². The molecule has 0 radical (unpaired) electrons. The molecule has 0 aliphatic rings. The van der Waals surface area contributed by atoms with Gasteiger partial charge in [0.05, 0.1) is 16.2 Å². The average Bonchev–Trinajstić information content (AvgIpc) is 2.34. The van der Waals surface area contributed by atoms with E-state index in [2.05, 4.69) is 5.32 Å². The number of nitrogens with one attached hydrogen (secondary N) is 1. The third-order valence-electron chi connectivity index (χ3n) is 2.49. The second-order valence-electron chi connectivity index (χ2n) is 4.09. The molecule has 0 spiro atoms. The molecule has 7 heteroatoms. The van der Waals surface area contributed by atoms with E-state index in [-0.39, 0.29) is 17.2 Å². The van der Waals surface area contributed by atoms with Crippen LogP contribution in [0.1, 0.15) is 18.9 Å². The SMILES string of the molecule is CCCNCCS(=O)(=O)c1cccc(C(F)(F)F)c1. The van der Waals surface area contributed by atoms with Gasteiger partial charge in [-0.2, -0.15) is 13.2 Å². The Balaban J connectivity index is 2.84. The molecular weight excluding hydrogens is 279 g/mol. The molecule has 0 aromatic heterocycles. The Morgan fingerprint density at radius 3 is 2.47 bits per heavy atom. The van der Waals surface area contributed by atoms with Crippen molar-refractivity contribution in [2.24, 2.45) is 0 Å². The van der Waals surface area contributed by atoms with Gasteiger partial charge in [0.15, 0.2) is 9.84 Å². The number of alkyl halides is 3. The second kappa shape index (κ2) is 6.38. The summed E-state index contributed by atoms with van der Waals surface area (Å²) in [7, 11) is -3.69. The topological polar surface area (TPSA) is 46.2 Å². The van der Waals surface area contributed by atoms with Gasteiger partial charge >= 0.3 is 6.18 Å². The highest BCUT2D eigenvalue weighted by atomic mass is 32.2. The molecule has 3 nitrogen and oxygen atoms in total. The summed E-state index contributed by atoms with van der Waals surface area (Å²) in [5.74, 6) is -0.214. The van der Waals surface area contributed by atoms with E-state index in [1.165, 1.54) is 6.07 Å². The molecule has 108 valence electrons. The van der Waals surface area contributed by atoms with Crippen LogP contribution < -0.4 is 5.32 Å². The third kappa shape index (κ3) is 4.83. The molecule has 0 heterocycles. The first kappa shape index (κ1) is 16.0. The molecule has 0 atom stereocenters. The lowest BCUT2D eigenvalue weighted by molar-refractivity contribution is -0.137. The summed E-state index contributed by atoms with van der Waals surface area (Å²) in [6.07, 6.45) is -3.67. The van der Waals surface area contributed by atoms with Gasteiger partial charge in [-0.25, -0.2) is 8.42 Å². The number of benzene rings is 1. The van der Waals surface area contributed by atoms with E-state index in [0.717, 1.165) is 18.6 Å². The summed E-state index contributed by atoms with van der Waals surface area (Å²) in [6.45, 7) is 2.85. The first-order chi connectivity index (χ1) is 8.77. The molecule has 0 saturated heterocycles. The summed E-state index contributed by atoms with van der Waals surface area (Å²) in [4.78, 5) is -0.291. The van der Waals surface area contributed by atoms with Gasteiger partial charge in [-0.05, 0) is 31.2 Å². The van der Waals surface area contributed by atoms with Crippen LogP contribution in [-0.4, -0.2) is 27.3 Å². The molecule has 1 aromatic carbocycles. The second-order valence-corrected chi connectivity index (χ2v) is 6.20. The molecular formula is C12H16F3NO2S. The molecule has 19 heavy (non-hydrogen) atoms. The first-order valence-corrected chi connectivity index (χ1v) is 7.53. The van der Waals surface area contributed by atoms with Gasteiger partial charge in [-0.15, -0.1) is 0 Å². The number of hydrogen-bond donors (Lipinski definition) is 1. The Labute approximate surface area is 110 Å². The summed E-state index contributed by atoms with van der Waals surface area (Å²) >= 11 is 0. The lowest BCUT2D eigenvalue weighted by atomic mass is 10.2. The number of sulfone groups is 1. The van der Waals surface area contributed by atoms with Crippen LogP contribution >= 0.6 is 0 Å². The van der Waals surface area contributed by atoms with Crippen molar-refractivity contribution in [2.45, 2.75) is 24.4 Å². The van der Waals surface area contributed by atoms with Crippen LogP contribution in [0.4, 0.5) is 13.2 Å². The van der Waals surface area contributed by atoms with E-state index >= 15 is 0 Å². The van der Waals surface area contributed by atoms with Gasteiger partial charge in [0.1, 0.15) is 0 Å². The molecule has 0 bridgehead atoms. The minimum atomic E-state index is -4.54. The monoisotopic (exact) mass is 295 g/mol. The van der Waals surface area contributed by atoms with E-state index in [4.69, 9.17) is 0 Å². The van der Waals surface area contributed by atoms with Crippen LogP contribution in [0, 0.1) is 0 Å². The normalized spacial score (nSPS) is 12.6. The van der Waals surface area contributed by atoms with Crippen molar-refractivity contribution in [3.63, 3.8) is 0 Å². The fourth-order valence-corrected chi connectivity index (χ4v) is 2.73. The number of hydrogen-bond acceptors (Lipinski definition) is 3. The Hall–Kier alpha value is -1.08. The molecule has 1 aromatic rings. The molecule has 0 amide bonds. The van der Waals surface area contributed by atoms with Crippen molar-refractivity contribution in [1.29, 1.82) is 0 Å². The van der Waals surface area contributed by atoms with Crippen molar-refractivity contribution in [2.75, 3.05) is 18.8 Å². The van der Waals surface area contributed by atoms with Gasteiger partial charge in [0, 0.05) is 6.54 Å². The molecule has 1 rings (SSSR count). The fourth-order valence-electron chi connectivity index (χ4n) is 1.49. The zero-order chi connectivity index (χ0) is 14.5. The Kier molecular flexibility index (Phi) is 5.37. The van der Waals surface area contributed by atoms with Crippen LogP contribution in [0.15, 0.2) is 29.2 Å². The highest BCUT2D eigenvalue weighted by Gasteiger charge is 2.31. The predicted octanol–water partition coefficient (Wildman–Crippen LogP) is 2.48. The highest BCUT2D eigenvalue weighted by Crippen LogP contribution is 2.30. The zero-order valence-corrected chi connectivity index (χ0v) is 11.3. The van der Waals surface area contributed by atoms with Crippen molar-refractivity contribution in [1.82, 2.24) is 5.32 Å². The molecule has 0 saturated carbocycles. The van der Waals surface area contributed by atoms with Gasteiger partial charge in [0.2, 0.25) is 0 Å². The molecule has 0 aliphatic heterocycles. The van der Waals surface area contributed by atoms with Crippen LogP contribution in [0.5, 0.6) is 0 Å². The van der Waals surface area contributed by atoms with Crippen molar-refractivity contribution >= 4 is 9.84 Å². The highest BCUT2D eigenvalue weighted by molar-refractivity contribution is 7.91. The molecule has 0 aliphatic carbocycles. The summed E-state index contributed by atoms with van der Waals surface area (Å²) < 4.78 is 61.2. The van der Waals surface area contributed by atoms with E-state index in [0.29, 0.717) is 12.6 Å². The standard InChI is InChI=1S/C12H16F3NO2S/c1-2-6-16-7-8-19(17,18)11-5-3-4-10(9-11)12(13,14)15/h3-5,9,16H,2,6-8H2,1H3. The van der Waals surface area contributed by atoms with E-state index in [9.17, 15) is 21.6 Å². The summed E-state index contributed by atoms with van der Waals surface area (Å²) in [6, 6.07) is 3.82. The molecule has 0 fully saturated rings. The lowest BCUT2D eigenvalue weighted by Gasteiger charge is -2.09. The largest absolute Gasteiger partial charge is 0.416 e. The van der Waals surface area contributed by atoms with Gasteiger partial charge in [-0.1, -0.05) is 13.0 Å². The number of rotatable bonds is 6. The van der Waals surface area contributed by atoms with Crippen molar-refractivity contribution in [3.05, 3.63) is 29.8 Å². The molecule has 1 N–H and O–H groups in total. The minimum absolute atomic E-state index is 0.214. The van der Waals surface area contributed by atoms with E-state index < -0.39 is 21.6 Å². The van der Waals surface area contributed by atoms with Gasteiger partial charge < -0.3 is 5.32 Å². The van der Waals surface area contributed by atoms with Crippen LogP contribution in [-0.2, 0) is 16.0 Å². The van der Waals surface area contributed by atoms with Crippen molar-refractivity contribution < 1.29 is 21.6 Å². The minimum Gasteiger partial charge on any atom is -0.316 e. The maximum absolute atomic E-state index is 12.5. The smallest absolute Gasteiger partial charge is 0.316 e. The maximum atomic E-state index is 12.5. The average molecular weight is 295 g/mol. The van der Waals surface area contributed by atoms with Gasteiger partial charge in [-0.3, -0.25) is 0 Å². The first-order valence-electron chi connectivity index (χ1n) is 5.88. The van der Waals surface area contributed by atoms with E-state index in [1.54, 1.807) is 0 Å². The summed E-state index contributed by atoms with van der Waals surface area (Å²) in [5.41, 5.74) is -0.949. The summed E-state index contributed by atoms with van der Waals surface area (Å²) in [5, 5.41) is 2.90. The third-order valence-corrected chi connectivity index (χ3v) is 4.21. The molecule has 0 unspecified atom stereocenters. The van der Waals surface area contributed by atoms with E-state index in [1.807, 2.05) is 6.92 Å². The maximum Gasteiger partial charge on any atom is 0.416 e. The number of halogens is 3. The quantitative estimate of drug-likeness (QED) is 0.820. The Morgan fingerprint density at radius 1 is 1.21 bits per heavy atom. The van der Waals surface area contributed by atoms with Crippen LogP contribution in [0.25, 0.3) is 0 Å². The lowest BCUT2D eigenvalue weighted by Crippen LogP contribution is -2.23. The zero-order valence-electron chi connectivity index (χ0n) is 10.5. The van der Waals surface area contributed by atoms with Crippen molar-refractivity contribution in [3.8, 4) is 0 Å².